The maximum atomic E-state index is 13.6. The van der Waals surface area contributed by atoms with Crippen molar-refractivity contribution in [3.63, 3.8) is 0 Å². The molecule has 0 aliphatic carbocycles. The van der Waals surface area contributed by atoms with Crippen molar-refractivity contribution in [3.8, 4) is 0 Å². The summed E-state index contributed by atoms with van der Waals surface area (Å²) in [6, 6.07) is 0. The van der Waals surface area contributed by atoms with Crippen LogP contribution in [0, 0.1) is 35.5 Å². The maximum Gasteiger partial charge on any atom is 0.373 e. The van der Waals surface area contributed by atoms with E-state index in [9.17, 15) is 24.9 Å². The van der Waals surface area contributed by atoms with E-state index >= 15 is 0 Å². The van der Waals surface area contributed by atoms with E-state index in [1.54, 1.807) is 26.0 Å². The highest BCUT2D eigenvalue weighted by Crippen LogP contribution is 2.42. The average Bonchev–Trinajstić information content (AvgIpc) is 3.00. The molecule has 0 aromatic heterocycles. The molecular formula is C37H60O10. The summed E-state index contributed by atoms with van der Waals surface area (Å²) in [6.07, 6.45) is 4.90. The molecule has 0 saturated carbocycles. The van der Waals surface area contributed by atoms with Gasteiger partial charge in [-0.2, -0.15) is 0 Å². The minimum absolute atomic E-state index is 0.00351. The second-order valence-electron chi connectivity index (χ2n) is 14.1. The first-order valence-electron chi connectivity index (χ1n) is 16.8. The number of cyclic esters (lactones) is 1. The van der Waals surface area contributed by atoms with Crippen LogP contribution in [0.1, 0.15) is 82.1 Å². The normalized spacial score (nSPS) is 35.1. The van der Waals surface area contributed by atoms with Crippen molar-refractivity contribution in [2.45, 2.75) is 124 Å². The van der Waals surface area contributed by atoms with Crippen LogP contribution in [-0.2, 0) is 33.3 Å². The number of carbonyl (C=O) groups excluding carboxylic acids is 2. The van der Waals surface area contributed by atoms with Crippen LogP contribution < -0.4 is 0 Å². The third kappa shape index (κ3) is 10.7. The number of aliphatic hydroxyl groups is 3. The monoisotopic (exact) mass is 664 g/mol. The van der Waals surface area contributed by atoms with Crippen LogP contribution in [0.15, 0.2) is 47.3 Å². The van der Waals surface area contributed by atoms with Gasteiger partial charge in [0, 0.05) is 44.1 Å². The smallest absolute Gasteiger partial charge is 0.373 e. The van der Waals surface area contributed by atoms with Gasteiger partial charge in [-0.1, -0.05) is 83.9 Å². The Labute approximate surface area is 281 Å². The van der Waals surface area contributed by atoms with Crippen LogP contribution >= 0.6 is 0 Å². The molecule has 0 bridgehead atoms. The summed E-state index contributed by atoms with van der Waals surface area (Å²) in [5.41, 5.74) is 1.76. The first-order valence-corrected chi connectivity index (χ1v) is 16.8. The highest BCUT2D eigenvalue weighted by Gasteiger charge is 2.53. The number of rotatable bonds is 8. The van der Waals surface area contributed by atoms with Crippen LogP contribution in [0.3, 0.4) is 0 Å². The van der Waals surface area contributed by atoms with E-state index in [1.165, 1.54) is 21.1 Å². The fourth-order valence-electron chi connectivity index (χ4n) is 6.88. The van der Waals surface area contributed by atoms with Gasteiger partial charge >= 0.3 is 11.9 Å². The Morgan fingerprint density at radius 3 is 2.28 bits per heavy atom. The minimum Gasteiger partial charge on any atom is -0.490 e. The molecule has 0 aromatic carbocycles. The van der Waals surface area contributed by atoms with Gasteiger partial charge in [-0.25, -0.2) is 4.79 Å². The van der Waals surface area contributed by atoms with E-state index in [2.05, 4.69) is 0 Å². The Morgan fingerprint density at radius 2 is 1.72 bits per heavy atom. The van der Waals surface area contributed by atoms with Gasteiger partial charge < -0.3 is 39.0 Å². The molecule has 0 spiro atoms. The van der Waals surface area contributed by atoms with Crippen LogP contribution in [0.2, 0.25) is 0 Å². The lowest BCUT2D eigenvalue weighted by atomic mass is 9.76. The topological polar surface area (TPSA) is 141 Å². The molecule has 1 fully saturated rings. The van der Waals surface area contributed by atoms with E-state index in [4.69, 9.17) is 23.7 Å². The summed E-state index contributed by atoms with van der Waals surface area (Å²) >= 11 is 0. The van der Waals surface area contributed by atoms with Crippen molar-refractivity contribution in [3.05, 3.63) is 47.3 Å². The minimum atomic E-state index is -1.84. The molecule has 10 nitrogen and oxygen atoms in total. The molecule has 0 radical (unpaired) electrons. The van der Waals surface area contributed by atoms with Gasteiger partial charge in [0.25, 0.3) is 0 Å². The first-order chi connectivity index (χ1) is 21.9. The Bertz CT molecular complexity index is 1170. The fraction of sp³-hybridized carbons (Fsp3) is 0.730. The number of hydrogen-bond acceptors (Lipinski definition) is 10. The first kappa shape index (κ1) is 40.7. The summed E-state index contributed by atoms with van der Waals surface area (Å²) in [6.45, 7) is 18.3. The summed E-state index contributed by atoms with van der Waals surface area (Å²) in [5.74, 6) is -5.15. The lowest BCUT2D eigenvalue weighted by Crippen LogP contribution is -2.59. The quantitative estimate of drug-likeness (QED) is 0.294. The fourth-order valence-corrected chi connectivity index (χ4v) is 6.88. The van der Waals surface area contributed by atoms with Gasteiger partial charge in [0.2, 0.25) is 5.76 Å². The Hall–Kier alpha value is -2.50. The number of allylic oxidation sites excluding steroid dienone is 5. The van der Waals surface area contributed by atoms with Crippen molar-refractivity contribution in [2.75, 3.05) is 14.2 Å². The third-order valence-corrected chi connectivity index (χ3v) is 9.79. The van der Waals surface area contributed by atoms with Crippen molar-refractivity contribution in [1.82, 2.24) is 0 Å². The molecule has 0 aromatic rings. The third-order valence-electron chi connectivity index (χ3n) is 9.79. The lowest BCUT2D eigenvalue weighted by Gasteiger charge is -2.50. The SMILES string of the molecule is COC1=CC(C)=CC(C)C(O)C(C)CC(C)=CC=CC(OC)C(C(C)C(O)C(C)C2(O)CC(OC(C)=O)C(C)C(C(C)C)O2)OC1=O. The molecule has 268 valence electrons. The zero-order valence-corrected chi connectivity index (χ0v) is 30.4. The van der Waals surface area contributed by atoms with E-state index < -0.39 is 66.2 Å². The molecule has 2 aliphatic rings. The summed E-state index contributed by atoms with van der Waals surface area (Å²) < 4.78 is 29.2. The number of hydrogen-bond donors (Lipinski definition) is 3. The molecular weight excluding hydrogens is 604 g/mol. The van der Waals surface area contributed by atoms with E-state index in [0.717, 1.165) is 5.57 Å². The largest absolute Gasteiger partial charge is 0.490 e. The van der Waals surface area contributed by atoms with Gasteiger partial charge in [0.15, 0.2) is 5.79 Å². The average molecular weight is 665 g/mol. The van der Waals surface area contributed by atoms with Crippen molar-refractivity contribution in [1.29, 1.82) is 0 Å². The molecule has 12 unspecified atom stereocenters. The van der Waals surface area contributed by atoms with Gasteiger partial charge in [-0.05, 0) is 38.2 Å². The van der Waals surface area contributed by atoms with Crippen LogP contribution in [0.25, 0.3) is 0 Å². The number of carbonyl (C=O) groups is 2. The number of esters is 2. The van der Waals surface area contributed by atoms with Crippen LogP contribution in [-0.4, -0.2) is 83.9 Å². The Morgan fingerprint density at radius 1 is 1.09 bits per heavy atom. The van der Waals surface area contributed by atoms with E-state index in [1.807, 2.05) is 66.7 Å². The molecule has 2 heterocycles. The Kier molecular flexibility index (Phi) is 15.4. The standard InChI is InChI=1S/C37H60O10/c1-20(2)34-25(7)31(45-28(10)38)19-37(42,47-34)27(9)33(40)26(8)35-29(43-11)15-13-14-21(3)16-23(5)32(39)24(6)17-22(4)18-30(44-12)36(41)46-35/h13-15,17-18,20,23-27,29,31-35,39-40,42H,16,19H2,1-12H3. The van der Waals surface area contributed by atoms with Gasteiger partial charge in [-0.3, -0.25) is 4.79 Å². The van der Waals surface area contributed by atoms with Gasteiger partial charge in [-0.15, -0.1) is 0 Å². The van der Waals surface area contributed by atoms with Crippen molar-refractivity contribution >= 4 is 11.9 Å². The molecule has 3 N–H and O–H groups in total. The molecule has 2 aliphatic heterocycles. The Balaban J connectivity index is 2.55. The highest BCUT2D eigenvalue weighted by molar-refractivity contribution is 5.87. The van der Waals surface area contributed by atoms with Gasteiger partial charge in [0.1, 0.15) is 18.3 Å². The maximum absolute atomic E-state index is 13.6. The number of ether oxygens (including phenoxy) is 5. The molecule has 2 rings (SSSR count). The molecule has 12 atom stereocenters. The zero-order valence-electron chi connectivity index (χ0n) is 30.4. The van der Waals surface area contributed by atoms with Crippen LogP contribution in [0.4, 0.5) is 0 Å². The second-order valence-corrected chi connectivity index (χ2v) is 14.1. The van der Waals surface area contributed by atoms with Crippen molar-refractivity contribution < 1.29 is 48.6 Å². The van der Waals surface area contributed by atoms with Gasteiger partial charge in [0.05, 0.1) is 25.4 Å². The van der Waals surface area contributed by atoms with E-state index in [0.29, 0.717) is 12.0 Å². The lowest BCUT2D eigenvalue weighted by molar-refractivity contribution is -0.329. The number of aliphatic hydroxyl groups excluding tert-OH is 2. The highest BCUT2D eigenvalue weighted by atomic mass is 16.6. The molecule has 0 amide bonds. The summed E-state index contributed by atoms with van der Waals surface area (Å²) in [4.78, 5) is 25.5. The molecule has 47 heavy (non-hydrogen) atoms. The summed E-state index contributed by atoms with van der Waals surface area (Å²) in [5, 5.41) is 34.7. The second kappa shape index (κ2) is 17.8. The van der Waals surface area contributed by atoms with E-state index in [-0.39, 0.29) is 35.9 Å². The predicted octanol–water partition coefficient (Wildman–Crippen LogP) is 5.26. The predicted molar refractivity (Wildman–Crippen MR) is 180 cm³/mol. The zero-order chi connectivity index (χ0) is 35.8. The van der Waals surface area contributed by atoms with Crippen molar-refractivity contribution in [2.24, 2.45) is 35.5 Å². The summed E-state index contributed by atoms with van der Waals surface area (Å²) in [7, 11) is 2.86. The molecule has 10 heteroatoms. The molecule has 1 saturated heterocycles. The number of methoxy groups -OCH3 is 2. The van der Waals surface area contributed by atoms with Crippen LogP contribution in [0.5, 0.6) is 0 Å².